The van der Waals surface area contributed by atoms with Crippen LogP contribution in [0.3, 0.4) is 0 Å². The lowest BCUT2D eigenvalue weighted by molar-refractivity contribution is -0.108. The first-order valence-corrected chi connectivity index (χ1v) is 11.5. The largest absolute Gasteiger partial charge is 0.289 e. The van der Waals surface area contributed by atoms with Crippen LogP contribution in [0.5, 0.6) is 0 Å². The highest BCUT2D eigenvalue weighted by Crippen LogP contribution is 2.44. The topological polar surface area (TPSA) is 17.1 Å². The van der Waals surface area contributed by atoms with Crippen molar-refractivity contribution < 1.29 is 4.79 Å². The lowest BCUT2D eigenvalue weighted by atomic mass is 9.92. The molecule has 4 aromatic carbocycles. The van der Waals surface area contributed by atoms with Crippen molar-refractivity contribution in [2.75, 3.05) is 0 Å². The molecule has 1 aliphatic rings. The van der Waals surface area contributed by atoms with E-state index in [2.05, 4.69) is 61.5 Å². The number of ketones is 1. The van der Waals surface area contributed by atoms with Gasteiger partial charge in [0.25, 0.3) is 0 Å². The zero-order valence-electron chi connectivity index (χ0n) is 18.8. The van der Waals surface area contributed by atoms with Crippen molar-refractivity contribution in [3.63, 3.8) is 0 Å². The van der Waals surface area contributed by atoms with Gasteiger partial charge in [0.05, 0.1) is 0 Å². The molecule has 0 amide bonds. The van der Waals surface area contributed by atoms with Gasteiger partial charge in [-0.2, -0.15) is 0 Å². The number of allylic oxidation sites excluding steroid dienone is 4. The summed E-state index contributed by atoms with van der Waals surface area (Å²) in [5.41, 5.74) is 9.37. The minimum absolute atomic E-state index is 0.105. The summed E-state index contributed by atoms with van der Waals surface area (Å²) in [7, 11) is 0. The Morgan fingerprint density at radius 3 is 1.42 bits per heavy atom. The highest BCUT2D eigenvalue weighted by molar-refractivity contribution is 6.52. The molecule has 0 radical (unpaired) electrons. The van der Waals surface area contributed by atoms with E-state index < -0.39 is 0 Å². The van der Waals surface area contributed by atoms with Crippen LogP contribution in [-0.2, 0) is 17.6 Å². The first-order chi connectivity index (χ1) is 16.2. The Hall–Kier alpha value is -3.97. The molecule has 1 aliphatic carbocycles. The summed E-state index contributed by atoms with van der Waals surface area (Å²) in [6.07, 6.45) is 2.02. The van der Waals surface area contributed by atoms with Crippen LogP contribution in [0.2, 0.25) is 0 Å². The molecule has 33 heavy (non-hydrogen) atoms. The van der Waals surface area contributed by atoms with Gasteiger partial charge in [0, 0.05) is 11.1 Å². The molecule has 0 heterocycles. The van der Waals surface area contributed by atoms with Crippen LogP contribution < -0.4 is 0 Å². The number of Topliss-reactive ketones (excluding diaryl/α,β-unsaturated/α-hetero) is 1. The summed E-state index contributed by atoms with van der Waals surface area (Å²) in [6, 6.07) is 39.4. The fraction of sp³-hybridized carbons (Fsp3) is 0.0938. The Bertz CT molecular complexity index is 1330. The molecular weight excluding hydrogens is 400 g/mol. The Morgan fingerprint density at radius 2 is 0.879 bits per heavy atom. The summed E-state index contributed by atoms with van der Waals surface area (Å²) in [5, 5.41) is 0. The van der Waals surface area contributed by atoms with Crippen molar-refractivity contribution in [1.82, 2.24) is 0 Å². The molecule has 160 valence electrons. The van der Waals surface area contributed by atoms with Crippen LogP contribution in [0.1, 0.15) is 34.7 Å². The number of benzene rings is 4. The van der Waals surface area contributed by atoms with Gasteiger partial charge in [-0.1, -0.05) is 115 Å². The maximum absolute atomic E-state index is 13.7. The highest BCUT2D eigenvalue weighted by Gasteiger charge is 2.32. The third-order valence-corrected chi connectivity index (χ3v) is 6.37. The van der Waals surface area contributed by atoms with Gasteiger partial charge in [-0.3, -0.25) is 4.79 Å². The van der Waals surface area contributed by atoms with Crippen molar-refractivity contribution in [2.24, 2.45) is 0 Å². The lowest BCUT2D eigenvalue weighted by Gasteiger charge is -2.11. The molecule has 0 saturated heterocycles. The monoisotopic (exact) mass is 426 g/mol. The fourth-order valence-electron chi connectivity index (χ4n) is 4.69. The van der Waals surface area contributed by atoms with Gasteiger partial charge in [0.15, 0.2) is 5.78 Å². The Labute approximate surface area is 195 Å². The van der Waals surface area contributed by atoms with Gasteiger partial charge in [-0.05, 0) is 58.7 Å². The Balaban J connectivity index is 1.53. The van der Waals surface area contributed by atoms with E-state index in [1.165, 1.54) is 11.1 Å². The van der Waals surface area contributed by atoms with Gasteiger partial charge < -0.3 is 0 Å². The first kappa shape index (κ1) is 20.9. The standard InChI is InChI=1S/C32H26O/c1-23-29(28-21-19-25(20-22-28)18-17-24-11-5-2-6-12-24)31(27-15-9-4-10-16-27)32(33)30(23)26-13-7-3-8-14-26/h2-16,19-22H,17-18H2,1H3. The molecule has 4 aromatic rings. The van der Waals surface area contributed by atoms with E-state index in [-0.39, 0.29) is 5.78 Å². The van der Waals surface area contributed by atoms with E-state index in [4.69, 9.17) is 0 Å². The minimum Gasteiger partial charge on any atom is -0.289 e. The zero-order chi connectivity index (χ0) is 22.6. The van der Waals surface area contributed by atoms with E-state index in [0.29, 0.717) is 0 Å². The number of rotatable bonds is 6. The second-order valence-electron chi connectivity index (χ2n) is 8.49. The minimum atomic E-state index is 0.105. The maximum atomic E-state index is 13.7. The van der Waals surface area contributed by atoms with Crippen LogP contribution in [0.15, 0.2) is 121 Å². The number of hydrogen-bond acceptors (Lipinski definition) is 1. The number of hydrogen-bond donors (Lipinski definition) is 0. The van der Waals surface area contributed by atoms with Crippen molar-refractivity contribution in [2.45, 2.75) is 19.8 Å². The number of carbonyl (C=O) groups excluding carboxylic acids is 1. The van der Waals surface area contributed by atoms with Crippen LogP contribution in [0, 0.1) is 0 Å². The molecular formula is C32H26O. The summed E-state index contributed by atoms with van der Waals surface area (Å²) in [4.78, 5) is 13.7. The maximum Gasteiger partial charge on any atom is 0.195 e. The van der Waals surface area contributed by atoms with Crippen molar-refractivity contribution in [1.29, 1.82) is 0 Å². The molecule has 0 aromatic heterocycles. The van der Waals surface area contributed by atoms with Gasteiger partial charge in [-0.25, -0.2) is 0 Å². The molecule has 5 rings (SSSR count). The number of aryl methyl sites for hydroxylation is 2. The Morgan fingerprint density at radius 1 is 0.455 bits per heavy atom. The molecule has 0 saturated carbocycles. The molecule has 0 aliphatic heterocycles. The summed E-state index contributed by atoms with van der Waals surface area (Å²) in [6.45, 7) is 2.08. The van der Waals surface area contributed by atoms with Gasteiger partial charge in [0.2, 0.25) is 0 Å². The molecule has 0 atom stereocenters. The third kappa shape index (κ3) is 4.23. The van der Waals surface area contributed by atoms with Crippen LogP contribution in [0.4, 0.5) is 0 Å². The molecule has 1 heteroatoms. The number of carbonyl (C=O) groups is 1. The van der Waals surface area contributed by atoms with E-state index in [9.17, 15) is 4.79 Å². The highest BCUT2D eigenvalue weighted by atomic mass is 16.1. The van der Waals surface area contributed by atoms with E-state index in [0.717, 1.165) is 51.8 Å². The second kappa shape index (κ2) is 9.26. The average molecular weight is 427 g/mol. The molecule has 0 unspecified atom stereocenters. The summed E-state index contributed by atoms with van der Waals surface area (Å²) >= 11 is 0. The SMILES string of the molecule is CC1=C(c2ccccc2)C(=O)C(c2ccccc2)=C1c1ccc(CCc2ccccc2)cc1. The van der Waals surface area contributed by atoms with Gasteiger partial charge in [-0.15, -0.1) is 0 Å². The van der Waals surface area contributed by atoms with E-state index in [1.54, 1.807) is 0 Å². The van der Waals surface area contributed by atoms with Crippen LogP contribution >= 0.6 is 0 Å². The van der Waals surface area contributed by atoms with Crippen molar-refractivity contribution in [3.05, 3.63) is 149 Å². The molecule has 0 bridgehead atoms. The lowest BCUT2D eigenvalue weighted by Crippen LogP contribution is -2.01. The third-order valence-electron chi connectivity index (χ3n) is 6.37. The van der Waals surface area contributed by atoms with Crippen LogP contribution in [-0.4, -0.2) is 5.78 Å². The van der Waals surface area contributed by atoms with Crippen molar-refractivity contribution >= 4 is 22.5 Å². The van der Waals surface area contributed by atoms with Crippen LogP contribution in [0.25, 0.3) is 16.7 Å². The molecule has 0 N–H and O–H groups in total. The average Bonchev–Trinajstić information content (AvgIpc) is 3.14. The van der Waals surface area contributed by atoms with E-state index >= 15 is 0 Å². The van der Waals surface area contributed by atoms with Gasteiger partial charge >= 0.3 is 0 Å². The summed E-state index contributed by atoms with van der Waals surface area (Å²) < 4.78 is 0. The van der Waals surface area contributed by atoms with Gasteiger partial charge in [0.1, 0.15) is 0 Å². The normalized spacial score (nSPS) is 13.7. The predicted octanol–water partition coefficient (Wildman–Crippen LogP) is 7.44. The molecule has 0 spiro atoms. The van der Waals surface area contributed by atoms with Crippen molar-refractivity contribution in [3.8, 4) is 0 Å². The quantitative estimate of drug-likeness (QED) is 0.313. The van der Waals surface area contributed by atoms with E-state index in [1.807, 2.05) is 60.7 Å². The molecule has 1 nitrogen and oxygen atoms in total. The second-order valence-corrected chi connectivity index (χ2v) is 8.49. The summed E-state index contributed by atoms with van der Waals surface area (Å²) in [5.74, 6) is 0.105. The first-order valence-electron chi connectivity index (χ1n) is 11.5. The fourth-order valence-corrected chi connectivity index (χ4v) is 4.69. The predicted molar refractivity (Wildman–Crippen MR) is 138 cm³/mol. The Kier molecular flexibility index (Phi) is 5.87. The smallest absolute Gasteiger partial charge is 0.195 e. The zero-order valence-corrected chi connectivity index (χ0v) is 18.8. The molecule has 0 fully saturated rings.